The third-order valence-corrected chi connectivity index (χ3v) is 12.2. The van der Waals surface area contributed by atoms with Crippen molar-refractivity contribution in [3.05, 3.63) is 99.9 Å². The lowest BCUT2D eigenvalue weighted by Crippen LogP contribution is -2.48. The Morgan fingerprint density at radius 2 is 1.79 bits per heavy atom. The second-order valence-corrected chi connectivity index (χ2v) is 17.1. The number of aryl methyl sites for hydroxylation is 1. The number of methoxy groups -OCH3 is 1. The van der Waals surface area contributed by atoms with Crippen LogP contribution in [0.1, 0.15) is 49.0 Å². The zero-order valence-corrected chi connectivity index (χ0v) is 31.9. The van der Waals surface area contributed by atoms with Crippen molar-refractivity contribution < 1.29 is 32.2 Å². The Morgan fingerprint density at radius 3 is 2.40 bits per heavy atom. The minimum Gasteiger partial charge on any atom is -0.497 e. The van der Waals surface area contributed by atoms with Crippen molar-refractivity contribution in [3.63, 3.8) is 0 Å². The maximum atomic E-state index is 14.5. The van der Waals surface area contributed by atoms with Crippen LogP contribution in [0, 0.1) is 6.92 Å². The van der Waals surface area contributed by atoms with Crippen molar-refractivity contribution in [2.24, 2.45) is 0 Å². The molecule has 3 aromatic heterocycles. The molecular weight excluding hydrogens is 724 g/mol. The first-order chi connectivity index (χ1) is 24.8. The smallest absolute Gasteiger partial charge is 0.410 e. The van der Waals surface area contributed by atoms with Crippen LogP contribution in [0.4, 0.5) is 4.79 Å². The van der Waals surface area contributed by atoms with Gasteiger partial charge in [0.2, 0.25) is 0 Å². The van der Waals surface area contributed by atoms with Crippen LogP contribution in [0.5, 0.6) is 5.75 Å². The van der Waals surface area contributed by atoms with E-state index in [0.29, 0.717) is 54.5 Å². The zero-order chi connectivity index (χ0) is 36.8. The molecule has 14 heteroatoms. The van der Waals surface area contributed by atoms with Crippen LogP contribution in [0.3, 0.4) is 0 Å². The van der Waals surface area contributed by atoms with Gasteiger partial charge in [0, 0.05) is 36.4 Å². The number of hydrogen-bond acceptors (Lipinski definition) is 10. The number of fused-ring (bicyclic) bond motifs is 1. The standard InChI is InChI=1S/C38H39ClN4O7S2/c1-24-6-12-28(13-7-24)52(45,46)43-31(26-14-16-42(17-15-26)36(44)50-37(2,3)4)18-29-33(30(39)19-40-34(29)43)32-20-41-35(51-32)38(22-48-23-38)49-21-25-8-10-27(47-5)11-9-25/h6-14,18-20H,15-17,21-23H2,1-5H3. The van der Waals surface area contributed by atoms with Gasteiger partial charge >= 0.3 is 6.09 Å². The lowest BCUT2D eigenvalue weighted by atomic mass is 10.0. The largest absolute Gasteiger partial charge is 0.497 e. The highest BCUT2D eigenvalue weighted by molar-refractivity contribution is 7.90. The molecule has 272 valence electrons. The molecule has 52 heavy (non-hydrogen) atoms. The summed E-state index contributed by atoms with van der Waals surface area (Å²) in [6.07, 6.45) is 5.07. The zero-order valence-electron chi connectivity index (χ0n) is 29.5. The second kappa shape index (κ2) is 13.9. The fraction of sp³-hybridized carbons (Fsp3) is 0.342. The summed E-state index contributed by atoms with van der Waals surface area (Å²) in [4.78, 5) is 24.7. The summed E-state index contributed by atoms with van der Waals surface area (Å²) in [5, 5.41) is 1.64. The molecule has 5 heterocycles. The molecule has 2 aliphatic rings. The Bertz CT molecular complexity index is 2270. The average Bonchev–Trinajstić information content (AvgIpc) is 3.74. The Hall–Kier alpha value is -4.27. The maximum absolute atomic E-state index is 14.5. The molecule has 2 aliphatic heterocycles. The van der Waals surface area contributed by atoms with E-state index in [2.05, 4.69) is 4.98 Å². The highest BCUT2D eigenvalue weighted by Crippen LogP contribution is 2.45. The van der Waals surface area contributed by atoms with E-state index in [-0.39, 0.29) is 17.1 Å². The Kier molecular flexibility index (Phi) is 9.68. The van der Waals surface area contributed by atoms with Gasteiger partial charge in [-0.25, -0.2) is 27.2 Å². The molecular formula is C38H39ClN4O7S2. The van der Waals surface area contributed by atoms with Gasteiger partial charge in [-0.15, -0.1) is 11.3 Å². The number of hydrogen-bond donors (Lipinski definition) is 0. The highest BCUT2D eigenvalue weighted by Gasteiger charge is 2.45. The van der Waals surface area contributed by atoms with Crippen molar-refractivity contribution >= 4 is 55.7 Å². The van der Waals surface area contributed by atoms with Crippen molar-refractivity contribution in [1.82, 2.24) is 18.8 Å². The van der Waals surface area contributed by atoms with Gasteiger partial charge in [0.05, 0.1) is 47.4 Å². The van der Waals surface area contributed by atoms with Crippen LogP contribution in [-0.4, -0.2) is 72.4 Å². The van der Waals surface area contributed by atoms with Crippen molar-refractivity contribution in [1.29, 1.82) is 0 Å². The molecule has 0 atom stereocenters. The van der Waals surface area contributed by atoms with E-state index in [4.69, 9.17) is 35.5 Å². The molecule has 7 rings (SSSR count). The SMILES string of the molecule is COc1ccc(COC2(c3ncc(-c4c(Cl)cnc5c4cc(C4=CCN(C(=O)OC(C)(C)C)CC4)n5S(=O)(=O)c4ccc(C)cc4)s3)COC2)cc1. The quantitative estimate of drug-likeness (QED) is 0.148. The van der Waals surface area contributed by atoms with Crippen LogP contribution in [0.15, 0.2) is 78.0 Å². The number of ether oxygens (including phenoxy) is 4. The number of rotatable bonds is 9. The predicted molar refractivity (Wildman–Crippen MR) is 200 cm³/mol. The van der Waals surface area contributed by atoms with Gasteiger partial charge in [-0.3, -0.25) is 0 Å². The number of thiazole rings is 1. The van der Waals surface area contributed by atoms with Crippen LogP contribution in [0.2, 0.25) is 5.02 Å². The molecule has 5 aromatic rings. The molecule has 1 saturated heterocycles. The Morgan fingerprint density at radius 1 is 1.06 bits per heavy atom. The first-order valence-corrected chi connectivity index (χ1v) is 19.4. The molecule has 0 aliphatic carbocycles. The predicted octanol–water partition coefficient (Wildman–Crippen LogP) is 7.83. The lowest BCUT2D eigenvalue weighted by molar-refractivity contribution is -0.222. The second-order valence-electron chi connectivity index (χ2n) is 13.9. The van der Waals surface area contributed by atoms with E-state index in [1.165, 1.54) is 21.5 Å². The van der Waals surface area contributed by atoms with Gasteiger partial charge in [0.25, 0.3) is 10.0 Å². The van der Waals surface area contributed by atoms with Crippen LogP contribution >= 0.6 is 22.9 Å². The molecule has 0 spiro atoms. The Balaban J connectivity index is 1.29. The van der Waals surface area contributed by atoms with Gasteiger partial charge in [0.1, 0.15) is 16.4 Å². The molecule has 0 radical (unpaired) electrons. The van der Waals surface area contributed by atoms with E-state index < -0.39 is 27.3 Å². The van der Waals surface area contributed by atoms with E-state index in [9.17, 15) is 13.2 Å². The summed E-state index contributed by atoms with van der Waals surface area (Å²) < 4.78 is 53.2. The van der Waals surface area contributed by atoms with Crippen LogP contribution in [0.25, 0.3) is 27.0 Å². The minimum absolute atomic E-state index is 0.128. The third-order valence-electron chi connectivity index (χ3n) is 8.98. The molecule has 1 fully saturated rings. The molecule has 0 saturated carbocycles. The summed E-state index contributed by atoms with van der Waals surface area (Å²) in [7, 11) is -2.50. The van der Waals surface area contributed by atoms with E-state index in [0.717, 1.165) is 32.3 Å². The number of aromatic nitrogens is 3. The first kappa shape index (κ1) is 36.1. The number of carbonyl (C=O) groups is 1. The molecule has 1 amide bonds. The number of carbonyl (C=O) groups excluding carboxylic acids is 1. The number of pyridine rings is 1. The monoisotopic (exact) mass is 762 g/mol. The van der Waals surface area contributed by atoms with Crippen molar-refractivity contribution in [2.45, 2.75) is 56.8 Å². The third kappa shape index (κ3) is 6.95. The highest BCUT2D eigenvalue weighted by atomic mass is 35.5. The fourth-order valence-electron chi connectivity index (χ4n) is 6.13. The van der Waals surface area contributed by atoms with Gasteiger partial charge in [-0.05, 0) is 75.6 Å². The van der Waals surface area contributed by atoms with Crippen molar-refractivity contribution in [2.75, 3.05) is 33.4 Å². The molecule has 2 aromatic carbocycles. The first-order valence-electron chi connectivity index (χ1n) is 16.8. The lowest BCUT2D eigenvalue weighted by Gasteiger charge is -2.39. The average molecular weight is 763 g/mol. The molecule has 0 N–H and O–H groups in total. The maximum Gasteiger partial charge on any atom is 0.410 e. The fourth-order valence-corrected chi connectivity index (χ4v) is 9.03. The van der Waals surface area contributed by atoms with Gasteiger partial charge in [-0.1, -0.05) is 47.5 Å². The molecule has 0 bridgehead atoms. The minimum atomic E-state index is -4.13. The van der Waals surface area contributed by atoms with E-state index in [1.807, 2.05) is 64.1 Å². The van der Waals surface area contributed by atoms with Crippen LogP contribution < -0.4 is 4.74 Å². The number of halogens is 1. The summed E-state index contributed by atoms with van der Waals surface area (Å²) in [6, 6.07) is 16.2. The number of amides is 1. The van der Waals surface area contributed by atoms with Crippen LogP contribution in [-0.2, 0) is 36.4 Å². The van der Waals surface area contributed by atoms with Gasteiger partial charge in [-0.2, -0.15) is 0 Å². The summed E-state index contributed by atoms with van der Waals surface area (Å²) in [5.74, 6) is 0.766. The van der Waals surface area contributed by atoms with Crippen molar-refractivity contribution in [3.8, 4) is 16.2 Å². The van der Waals surface area contributed by atoms with E-state index in [1.54, 1.807) is 42.5 Å². The Labute approximate surface area is 311 Å². The summed E-state index contributed by atoms with van der Waals surface area (Å²) in [6.45, 7) is 9.03. The summed E-state index contributed by atoms with van der Waals surface area (Å²) in [5.41, 5.74) is 2.61. The topological polar surface area (TPSA) is 122 Å². The van der Waals surface area contributed by atoms with E-state index >= 15 is 0 Å². The molecule has 0 unspecified atom stereocenters. The number of benzene rings is 2. The number of nitrogens with zero attached hydrogens (tertiary/aromatic N) is 4. The van der Waals surface area contributed by atoms with Gasteiger partial charge < -0.3 is 23.8 Å². The summed E-state index contributed by atoms with van der Waals surface area (Å²) >= 11 is 8.32. The van der Waals surface area contributed by atoms with Gasteiger partial charge in [0.15, 0.2) is 11.2 Å². The normalized spacial score (nSPS) is 16.0. The molecule has 11 nitrogen and oxygen atoms in total.